The zero-order valence-electron chi connectivity index (χ0n) is 6.72. The van der Waals surface area contributed by atoms with Gasteiger partial charge in [-0.1, -0.05) is 6.58 Å². The molecule has 0 saturated carbocycles. The third-order valence-corrected chi connectivity index (χ3v) is 1.62. The molecule has 1 aliphatic heterocycles. The molecule has 1 atom stereocenters. The minimum Gasteiger partial charge on any atom is -0.487 e. The van der Waals surface area contributed by atoms with Crippen molar-refractivity contribution in [2.45, 2.75) is 19.4 Å². The van der Waals surface area contributed by atoms with E-state index in [2.05, 4.69) is 6.58 Å². The molecule has 0 aliphatic carbocycles. The van der Waals surface area contributed by atoms with E-state index in [1.807, 2.05) is 0 Å². The monoisotopic (exact) mass is 155 g/mol. The largest absolute Gasteiger partial charge is 0.487 e. The van der Waals surface area contributed by atoms with Crippen LogP contribution >= 0.6 is 0 Å². The van der Waals surface area contributed by atoms with Gasteiger partial charge in [0.25, 0.3) is 0 Å². The second-order valence-corrected chi connectivity index (χ2v) is 2.65. The predicted molar refractivity (Wildman–Crippen MR) is 42.8 cm³/mol. The van der Waals surface area contributed by atoms with Crippen molar-refractivity contribution in [3.05, 3.63) is 12.3 Å². The smallest absolute Gasteiger partial charge is 0.133 e. The lowest BCUT2D eigenvalue weighted by Crippen LogP contribution is -2.14. The van der Waals surface area contributed by atoms with Crippen molar-refractivity contribution < 1.29 is 9.47 Å². The Balaban J connectivity index is 2.29. The van der Waals surface area contributed by atoms with Crippen LogP contribution in [0, 0.1) is 5.41 Å². The molecule has 1 saturated heterocycles. The van der Waals surface area contributed by atoms with Crippen LogP contribution in [0.4, 0.5) is 0 Å². The zero-order chi connectivity index (χ0) is 8.27. The number of hydrogen-bond acceptors (Lipinski definition) is 3. The molecule has 1 rings (SSSR count). The Morgan fingerprint density at radius 2 is 2.45 bits per heavy atom. The van der Waals surface area contributed by atoms with Gasteiger partial charge in [0.05, 0.1) is 18.9 Å². The Bertz CT molecular complexity index is 171. The van der Waals surface area contributed by atoms with Crippen molar-refractivity contribution in [3.8, 4) is 0 Å². The van der Waals surface area contributed by atoms with Crippen LogP contribution < -0.4 is 0 Å². The van der Waals surface area contributed by atoms with Crippen molar-refractivity contribution >= 4 is 5.71 Å². The van der Waals surface area contributed by atoms with Gasteiger partial charge in [0, 0.05) is 6.42 Å². The molecule has 0 amide bonds. The number of rotatable bonds is 3. The highest BCUT2D eigenvalue weighted by molar-refractivity contribution is 5.93. The summed E-state index contributed by atoms with van der Waals surface area (Å²) in [7, 11) is 0. The van der Waals surface area contributed by atoms with E-state index in [1.165, 1.54) is 0 Å². The van der Waals surface area contributed by atoms with Gasteiger partial charge in [0.2, 0.25) is 0 Å². The lowest BCUT2D eigenvalue weighted by atomic mass is 10.3. The topological polar surface area (TPSA) is 42.3 Å². The summed E-state index contributed by atoms with van der Waals surface area (Å²) in [5.74, 6) is 0.459. The molecule has 0 spiro atoms. The van der Waals surface area contributed by atoms with Gasteiger partial charge in [-0.3, -0.25) is 0 Å². The fraction of sp³-hybridized carbons (Fsp3) is 0.625. The van der Waals surface area contributed by atoms with Crippen molar-refractivity contribution in [3.63, 3.8) is 0 Å². The fourth-order valence-electron chi connectivity index (χ4n) is 0.895. The molecule has 0 aromatic carbocycles. The Morgan fingerprint density at radius 3 is 2.91 bits per heavy atom. The summed E-state index contributed by atoms with van der Waals surface area (Å²) in [4.78, 5) is 0. The maximum atomic E-state index is 7.20. The fourth-order valence-corrected chi connectivity index (χ4v) is 0.895. The Morgan fingerprint density at radius 1 is 1.73 bits per heavy atom. The van der Waals surface area contributed by atoms with E-state index in [-0.39, 0.29) is 6.10 Å². The third-order valence-electron chi connectivity index (χ3n) is 1.62. The van der Waals surface area contributed by atoms with Crippen molar-refractivity contribution in [1.82, 2.24) is 0 Å². The minimum absolute atomic E-state index is 0.114. The first-order chi connectivity index (χ1) is 5.20. The van der Waals surface area contributed by atoms with Crippen LogP contribution in [0.3, 0.4) is 0 Å². The summed E-state index contributed by atoms with van der Waals surface area (Å²) in [6.45, 7) is 6.67. The highest BCUT2D eigenvalue weighted by atomic mass is 16.5. The van der Waals surface area contributed by atoms with Gasteiger partial charge in [-0.25, -0.2) is 0 Å². The van der Waals surface area contributed by atoms with Crippen LogP contribution in [-0.2, 0) is 9.47 Å². The average molecular weight is 155 g/mol. The van der Waals surface area contributed by atoms with Crippen molar-refractivity contribution in [2.75, 3.05) is 13.2 Å². The molecule has 1 heterocycles. The van der Waals surface area contributed by atoms with Gasteiger partial charge < -0.3 is 14.9 Å². The number of ether oxygens (including phenoxy) is 2. The van der Waals surface area contributed by atoms with Crippen LogP contribution in [0.2, 0.25) is 0 Å². The van der Waals surface area contributed by atoms with Crippen LogP contribution in [-0.4, -0.2) is 25.0 Å². The van der Waals surface area contributed by atoms with Gasteiger partial charge in [-0.05, 0) is 6.92 Å². The van der Waals surface area contributed by atoms with E-state index in [0.29, 0.717) is 18.1 Å². The van der Waals surface area contributed by atoms with E-state index in [4.69, 9.17) is 14.9 Å². The molecule has 3 nitrogen and oxygen atoms in total. The van der Waals surface area contributed by atoms with Gasteiger partial charge >= 0.3 is 0 Å². The van der Waals surface area contributed by atoms with Gasteiger partial charge in [-0.15, -0.1) is 0 Å². The molecule has 1 N–H and O–H groups in total. The Kier molecular flexibility index (Phi) is 2.65. The molecular weight excluding hydrogens is 142 g/mol. The first kappa shape index (κ1) is 8.27. The highest BCUT2D eigenvalue weighted by Gasteiger charge is 2.17. The quantitative estimate of drug-likeness (QED) is 0.493. The number of allylic oxidation sites excluding steroid dienone is 1. The van der Waals surface area contributed by atoms with Crippen molar-refractivity contribution in [1.29, 1.82) is 5.41 Å². The van der Waals surface area contributed by atoms with Crippen molar-refractivity contribution in [2.24, 2.45) is 0 Å². The first-order valence-electron chi connectivity index (χ1n) is 3.69. The first-order valence-corrected chi connectivity index (χ1v) is 3.69. The summed E-state index contributed by atoms with van der Waals surface area (Å²) in [5.41, 5.74) is 0.386. The summed E-state index contributed by atoms with van der Waals surface area (Å²) in [6.07, 6.45) is 1.02. The molecule has 3 heteroatoms. The SMILES string of the molecule is C=C(OC1CCOC1)C(C)=N. The third kappa shape index (κ3) is 2.35. The number of hydrogen-bond donors (Lipinski definition) is 1. The normalized spacial score (nSPS) is 23.2. The second-order valence-electron chi connectivity index (χ2n) is 2.65. The van der Waals surface area contributed by atoms with E-state index >= 15 is 0 Å². The van der Waals surface area contributed by atoms with Crippen LogP contribution in [0.25, 0.3) is 0 Å². The maximum absolute atomic E-state index is 7.20. The number of nitrogens with one attached hydrogen (secondary N) is 1. The molecule has 0 radical (unpaired) electrons. The maximum Gasteiger partial charge on any atom is 0.133 e. The second kappa shape index (κ2) is 3.53. The molecule has 11 heavy (non-hydrogen) atoms. The van der Waals surface area contributed by atoms with Crippen LogP contribution in [0.5, 0.6) is 0 Å². The molecule has 0 bridgehead atoms. The molecule has 62 valence electrons. The molecule has 1 fully saturated rings. The summed E-state index contributed by atoms with van der Waals surface area (Å²) in [6, 6.07) is 0. The van der Waals surface area contributed by atoms with E-state index in [1.54, 1.807) is 6.92 Å². The Hall–Kier alpha value is -0.830. The van der Waals surface area contributed by atoms with Gasteiger partial charge in [-0.2, -0.15) is 0 Å². The minimum atomic E-state index is 0.114. The zero-order valence-corrected chi connectivity index (χ0v) is 6.72. The average Bonchev–Trinajstić information content (AvgIpc) is 2.39. The van der Waals surface area contributed by atoms with Gasteiger partial charge in [0.15, 0.2) is 0 Å². The molecular formula is C8H13NO2. The summed E-state index contributed by atoms with van der Waals surface area (Å²) < 4.78 is 10.4. The molecule has 0 aromatic rings. The highest BCUT2D eigenvalue weighted by Crippen LogP contribution is 2.11. The summed E-state index contributed by atoms with van der Waals surface area (Å²) >= 11 is 0. The van der Waals surface area contributed by atoms with E-state index < -0.39 is 0 Å². The van der Waals surface area contributed by atoms with Gasteiger partial charge in [0.1, 0.15) is 11.9 Å². The molecule has 0 aromatic heterocycles. The molecule has 1 aliphatic rings. The van der Waals surface area contributed by atoms with Crippen LogP contribution in [0.15, 0.2) is 12.3 Å². The molecule has 1 unspecified atom stereocenters. The van der Waals surface area contributed by atoms with E-state index in [0.717, 1.165) is 13.0 Å². The lowest BCUT2D eigenvalue weighted by Gasteiger charge is -2.12. The van der Waals surface area contributed by atoms with E-state index in [9.17, 15) is 0 Å². The lowest BCUT2D eigenvalue weighted by molar-refractivity contribution is 0.102. The Labute approximate surface area is 66.5 Å². The predicted octanol–water partition coefficient (Wildman–Crippen LogP) is 1.35. The standard InChI is InChI=1S/C8H13NO2/c1-6(9)7(2)11-8-3-4-10-5-8/h8-9H,2-5H2,1H3. The summed E-state index contributed by atoms with van der Waals surface area (Å²) in [5, 5.41) is 7.20. The van der Waals surface area contributed by atoms with Crippen LogP contribution in [0.1, 0.15) is 13.3 Å².